The van der Waals surface area contributed by atoms with E-state index in [9.17, 15) is 0 Å². The predicted molar refractivity (Wildman–Crippen MR) is 51.3 cm³/mol. The Labute approximate surface area is 81.6 Å². The zero-order valence-corrected chi connectivity index (χ0v) is 7.47. The number of nitrogens with zero attached hydrogens (tertiary/aromatic N) is 2. The van der Waals surface area contributed by atoms with Crippen LogP contribution in [0.15, 0.2) is 40.9 Å². The Balaban J connectivity index is 2.31. The van der Waals surface area contributed by atoms with Gasteiger partial charge in [-0.25, -0.2) is 4.98 Å². The first-order valence-electron chi connectivity index (χ1n) is 4.27. The van der Waals surface area contributed by atoms with Crippen LogP contribution in [0, 0.1) is 11.3 Å². The van der Waals surface area contributed by atoms with Crippen LogP contribution < -0.4 is 0 Å². The molecule has 1 heterocycles. The molecule has 68 valence electrons. The van der Waals surface area contributed by atoms with Crippen LogP contribution in [0.25, 0.3) is 11.5 Å². The number of hydrogen-bond donors (Lipinski definition) is 0. The fourth-order valence-electron chi connectivity index (χ4n) is 1.18. The average Bonchev–Trinajstić information content (AvgIpc) is 2.68. The van der Waals surface area contributed by atoms with Crippen molar-refractivity contribution in [1.82, 2.24) is 4.98 Å². The normalized spacial score (nSPS) is 9.64. The van der Waals surface area contributed by atoms with Gasteiger partial charge in [0.2, 0.25) is 5.89 Å². The van der Waals surface area contributed by atoms with E-state index in [1.165, 1.54) is 0 Å². The van der Waals surface area contributed by atoms with Crippen molar-refractivity contribution in [2.75, 3.05) is 0 Å². The van der Waals surface area contributed by atoms with Gasteiger partial charge < -0.3 is 4.42 Å². The summed E-state index contributed by atoms with van der Waals surface area (Å²) in [7, 11) is 0. The first kappa shape index (κ1) is 8.52. The Morgan fingerprint density at radius 1 is 1.29 bits per heavy atom. The van der Waals surface area contributed by atoms with Gasteiger partial charge in [0.05, 0.1) is 18.7 Å². The summed E-state index contributed by atoms with van der Waals surface area (Å²) in [6.07, 6.45) is 1.85. The van der Waals surface area contributed by atoms with E-state index in [0.29, 0.717) is 11.7 Å². The molecule has 0 bridgehead atoms. The molecule has 1 aromatic carbocycles. The van der Waals surface area contributed by atoms with Crippen LogP contribution in [-0.4, -0.2) is 4.98 Å². The highest BCUT2D eigenvalue weighted by molar-refractivity contribution is 5.52. The minimum Gasteiger partial charge on any atom is -0.440 e. The number of oxazole rings is 1. The predicted octanol–water partition coefficient (Wildman–Crippen LogP) is 2.41. The van der Waals surface area contributed by atoms with Gasteiger partial charge >= 0.3 is 0 Å². The number of rotatable bonds is 2. The van der Waals surface area contributed by atoms with Gasteiger partial charge in [0.1, 0.15) is 5.76 Å². The van der Waals surface area contributed by atoms with Crippen molar-refractivity contribution in [3.63, 3.8) is 0 Å². The molecule has 2 aromatic rings. The molecule has 0 unspecified atom stereocenters. The second-order valence-electron chi connectivity index (χ2n) is 2.83. The van der Waals surface area contributed by atoms with E-state index in [2.05, 4.69) is 4.98 Å². The second kappa shape index (κ2) is 3.75. The lowest BCUT2D eigenvalue weighted by Crippen LogP contribution is -1.74. The summed E-state index contributed by atoms with van der Waals surface area (Å²) >= 11 is 0. The summed E-state index contributed by atoms with van der Waals surface area (Å²) in [4.78, 5) is 4.09. The van der Waals surface area contributed by atoms with Gasteiger partial charge in [0, 0.05) is 5.56 Å². The summed E-state index contributed by atoms with van der Waals surface area (Å²) in [5.41, 5.74) is 0.927. The van der Waals surface area contributed by atoms with Crippen LogP contribution >= 0.6 is 0 Å². The molecule has 0 N–H and O–H groups in total. The number of nitriles is 1. The number of benzene rings is 1. The lowest BCUT2D eigenvalue weighted by atomic mass is 10.2. The maximum Gasteiger partial charge on any atom is 0.226 e. The molecule has 2 rings (SSSR count). The summed E-state index contributed by atoms with van der Waals surface area (Å²) in [5, 5.41) is 8.46. The third kappa shape index (κ3) is 1.64. The van der Waals surface area contributed by atoms with E-state index in [-0.39, 0.29) is 6.42 Å². The van der Waals surface area contributed by atoms with Crippen molar-refractivity contribution in [3.8, 4) is 17.5 Å². The third-order valence-electron chi connectivity index (χ3n) is 1.83. The largest absolute Gasteiger partial charge is 0.440 e. The highest BCUT2D eigenvalue weighted by Gasteiger charge is 2.04. The Bertz CT molecular complexity index is 454. The lowest BCUT2D eigenvalue weighted by molar-refractivity contribution is 0.533. The zero-order valence-electron chi connectivity index (χ0n) is 7.47. The fraction of sp³-hybridized carbons (Fsp3) is 0.0909. The standard InChI is InChI=1S/C11H8N2O/c12-7-6-10-8-13-11(14-10)9-4-2-1-3-5-9/h1-5,8H,6H2. The zero-order chi connectivity index (χ0) is 9.80. The lowest BCUT2D eigenvalue weighted by Gasteiger charge is -1.92. The summed E-state index contributed by atoms with van der Waals surface area (Å²) < 4.78 is 5.38. The third-order valence-corrected chi connectivity index (χ3v) is 1.83. The van der Waals surface area contributed by atoms with Gasteiger partial charge in [-0.2, -0.15) is 5.26 Å². The Kier molecular flexibility index (Phi) is 2.28. The minimum atomic E-state index is 0.264. The molecule has 0 spiro atoms. The van der Waals surface area contributed by atoms with Gasteiger partial charge in [0.15, 0.2) is 0 Å². The van der Waals surface area contributed by atoms with Crippen LogP contribution in [0.5, 0.6) is 0 Å². The van der Waals surface area contributed by atoms with E-state index in [4.69, 9.17) is 9.68 Å². The molecule has 0 aliphatic carbocycles. The number of aromatic nitrogens is 1. The average molecular weight is 184 g/mol. The molecule has 0 aliphatic rings. The smallest absolute Gasteiger partial charge is 0.226 e. The summed E-state index contributed by atoms with van der Waals surface area (Å²) in [6, 6.07) is 11.6. The van der Waals surface area contributed by atoms with Gasteiger partial charge in [0.25, 0.3) is 0 Å². The maximum absolute atomic E-state index is 8.46. The molecule has 3 heteroatoms. The molecular weight excluding hydrogens is 176 g/mol. The van der Waals surface area contributed by atoms with E-state index >= 15 is 0 Å². The molecule has 1 aromatic heterocycles. The molecule has 3 nitrogen and oxygen atoms in total. The summed E-state index contributed by atoms with van der Waals surface area (Å²) in [5.74, 6) is 1.17. The number of hydrogen-bond acceptors (Lipinski definition) is 3. The molecule has 0 aliphatic heterocycles. The first-order valence-corrected chi connectivity index (χ1v) is 4.27. The highest BCUT2D eigenvalue weighted by atomic mass is 16.4. The topological polar surface area (TPSA) is 49.8 Å². The van der Waals surface area contributed by atoms with Crippen molar-refractivity contribution in [2.45, 2.75) is 6.42 Å². The highest BCUT2D eigenvalue weighted by Crippen LogP contribution is 2.18. The van der Waals surface area contributed by atoms with E-state index < -0.39 is 0 Å². The van der Waals surface area contributed by atoms with Gasteiger partial charge in [-0.15, -0.1) is 0 Å². The molecule has 0 saturated heterocycles. The van der Waals surface area contributed by atoms with Crippen molar-refractivity contribution < 1.29 is 4.42 Å². The van der Waals surface area contributed by atoms with Crippen LogP contribution in [0.4, 0.5) is 0 Å². The molecule has 14 heavy (non-hydrogen) atoms. The van der Waals surface area contributed by atoms with E-state index in [0.717, 1.165) is 5.56 Å². The van der Waals surface area contributed by atoms with E-state index in [1.807, 2.05) is 36.4 Å². The Morgan fingerprint density at radius 2 is 2.07 bits per heavy atom. The monoisotopic (exact) mass is 184 g/mol. The Hall–Kier alpha value is -2.08. The molecule has 0 fully saturated rings. The summed E-state index contributed by atoms with van der Waals surface area (Å²) in [6.45, 7) is 0. The SMILES string of the molecule is N#CCc1cnc(-c2ccccc2)o1. The second-order valence-corrected chi connectivity index (χ2v) is 2.83. The maximum atomic E-state index is 8.46. The van der Waals surface area contributed by atoms with Crippen molar-refractivity contribution in [2.24, 2.45) is 0 Å². The van der Waals surface area contributed by atoms with Crippen LogP contribution in [0.2, 0.25) is 0 Å². The van der Waals surface area contributed by atoms with Crippen molar-refractivity contribution >= 4 is 0 Å². The van der Waals surface area contributed by atoms with Gasteiger partial charge in [-0.3, -0.25) is 0 Å². The minimum absolute atomic E-state index is 0.264. The molecule has 0 atom stereocenters. The van der Waals surface area contributed by atoms with Gasteiger partial charge in [-0.05, 0) is 12.1 Å². The van der Waals surface area contributed by atoms with Crippen molar-refractivity contribution in [1.29, 1.82) is 5.26 Å². The molecule has 0 amide bonds. The molecule has 0 saturated carbocycles. The van der Waals surface area contributed by atoms with E-state index in [1.54, 1.807) is 6.20 Å². The van der Waals surface area contributed by atoms with Crippen LogP contribution in [0.3, 0.4) is 0 Å². The molecular formula is C11H8N2O. The Morgan fingerprint density at radius 3 is 2.79 bits per heavy atom. The van der Waals surface area contributed by atoms with Gasteiger partial charge in [-0.1, -0.05) is 18.2 Å². The van der Waals surface area contributed by atoms with Crippen LogP contribution in [0.1, 0.15) is 5.76 Å². The van der Waals surface area contributed by atoms with Crippen LogP contribution in [-0.2, 0) is 6.42 Å². The molecule has 0 radical (unpaired) electrons. The fourth-order valence-corrected chi connectivity index (χ4v) is 1.18. The quantitative estimate of drug-likeness (QED) is 0.720. The van der Waals surface area contributed by atoms with Crippen molar-refractivity contribution in [3.05, 3.63) is 42.3 Å². The first-order chi connectivity index (χ1) is 6.90.